The minimum atomic E-state index is -0.210. The van der Waals surface area contributed by atoms with E-state index < -0.39 is 0 Å². The van der Waals surface area contributed by atoms with E-state index in [2.05, 4.69) is 10.1 Å². The summed E-state index contributed by atoms with van der Waals surface area (Å²) in [6.45, 7) is 0. The predicted molar refractivity (Wildman–Crippen MR) is 113 cm³/mol. The average Bonchev–Trinajstić information content (AvgIpc) is 3.22. The average molecular weight is 408 g/mol. The molecule has 0 saturated heterocycles. The van der Waals surface area contributed by atoms with Gasteiger partial charge >= 0.3 is 0 Å². The zero-order valence-corrected chi connectivity index (χ0v) is 16.2. The third-order valence-corrected chi connectivity index (χ3v) is 5.47. The molecule has 3 heterocycles. The summed E-state index contributed by atoms with van der Waals surface area (Å²) in [6.07, 6.45) is 1.54. The molecule has 0 radical (unpaired) electrons. The van der Waals surface area contributed by atoms with Crippen molar-refractivity contribution in [2.45, 2.75) is 5.92 Å². The second kappa shape index (κ2) is 6.56. The quantitative estimate of drug-likeness (QED) is 0.439. The van der Waals surface area contributed by atoms with Crippen LogP contribution in [-0.2, 0) is 0 Å². The number of para-hydroxylation sites is 1. The van der Waals surface area contributed by atoms with Gasteiger partial charge in [0.05, 0.1) is 11.1 Å². The summed E-state index contributed by atoms with van der Waals surface area (Å²) < 4.78 is 7.66. The highest BCUT2D eigenvalue weighted by Crippen LogP contribution is 2.48. The first-order valence-corrected chi connectivity index (χ1v) is 9.78. The number of aromatic nitrogens is 4. The van der Waals surface area contributed by atoms with E-state index in [1.165, 1.54) is 0 Å². The van der Waals surface area contributed by atoms with Crippen molar-refractivity contribution in [3.05, 3.63) is 95.8 Å². The molecule has 5 aromatic rings. The van der Waals surface area contributed by atoms with Crippen LogP contribution in [0.15, 0.2) is 79.1 Å². The minimum absolute atomic E-state index is 0.108. The van der Waals surface area contributed by atoms with Crippen LogP contribution in [0.2, 0.25) is 0 Å². The number of hydrogen-bond acceptors (Lipinski definition) is 6. The Hall–Kier alpha value is -4.39. The third kappa shape index (κ3) is 2.71. The maximum absolute atomic E-state index is 10.3. The van der Waals surface area contributed by atoms with Crippen LogP contribution in [0, 0.1) is 0 Å². The second-order valence-corrected chi connectivity index (χ2v) is 7.35. The molecule has 6 rings (SSSR count). The topological polar surface area (TPSA) is 92.8 Å². The smallest absolute Gasteiger partial charge is 0.228 e. The monoisotopic (exact) mass is 408 g/mol. The molecule has 7 heteroatoms. The van der Waals surface area contributed by atoms with Crippen LogP contribution in [0.3, 0.4) is 0 Å². The number of ether oxygens (including phenoxy) is 1. The van der Waals surface area contributed by atoms with Gasteiger partial charge in [0, 0.05) is 17.5 Å². The number of fused-ring (bicyclic) bond motifs is 4. The summed E-state index contributed by atoms with van der Waals surface area (Å²) in [5.41, 5.74) is 3.86. The van der Waals surface area contributed by atoms with Crippen molar-refractivity contribution in [1.82, 2.24) is 19.6 Å². The number of rotatable bonds is 2. The molecule has 0 bridgehead atoms. The van der Waals surface area contributed by atoms with Crippen LogP contribution in [0.25, 0.3) is 17.0 Å². The minimum Gasteiger partial charge on any atom is -0.508 e. The number of nitrogens with zero attached hydrogens (tertiary/aromatic N) is 4. The zero-order chi connectivity index (χ0) is 20.9. The van der Waals surface area contributed by atoms with Gasteiger partial charge in [0.1, 0.15) is 23.6 Å². The van der Waals surface area contributed by atoms with E-state index in [0.717, 1.165) is 16.7 Å². The molecule has 7 nitrogen and oxygen atoms in total. The Balaban J connectivity index is 1.63. The number of phenolic OH excluding ortho intramolecular Hbond substituents is 2. The van der Waals surface area contributed by atoms with E-state index in [4.69, 9.17) is 9.72 Å². The summed E-state index contributed by atoms with van der Waals surface area (Å²) in [5, 5.41) is 24.8. The molecule has 0 saturated carbocycles. The van der Waals surface area contributed by atoms with E-state index in [0.29, 0.717) is 28.7 Å². The van der Waals surface area contributed by atoms with Crippen molar-refractivity contribution in [2.75, 3.05) is 0 Å². The number of phenols is 2. The van der Waals surface area contributed by atoms with Gasteiger partial charge in [-0.1, -0.05) is 48.5 Å². The largest absolute Gasteiger partial charge is 0.508 e. The molecule has 2 N–H and O–H groups in total. The molecule has 3 aromatic carbocycles. The SMILES string of the molecule is Oc1ccc2c(c1)Oc1ncn3nc(-c4ccccc4O)nc3c1C2c1ccccc1. The van der Waals surface area contributed by atoms with E-state index >= 15 is 0 Å². The maximum Gasteiger partial charge on any atom is 0.228 e. The van der Waals surface area contributed by atoms with Crippen LogP contribution >= 0.6 is 0 Å². The van der Waals surface area contributed by atoms with Gasteiger partial charge in [0.25, 0.3) is 0 Å². The molecule has 0 aliphatic carbocycles. The van der Waals surface area contributed by atoms with Crippen LogP contribution in [0.4, 0.5) is 0 Å². The van der Waals surface area contributed by atoms with Gasteiger partial charge in [-0.15, -0.1) is 5.10 Å². The molecule has 31 heavy (non-hydrogen) atoms. The third-order valence-electron chi connectivity index (χ3n) is 5.47. The van der Waals surface area contributed by atoms with Crippen LogP contribution < -0.4 is 4.74 Å². The first-order valence-electron chi connectivity index (χ1n) is 9.78. The van der Waals surface area contributed by atoms with Crippen molar-refractivity contribution >= 4 is 5.65 Å². The highest BCUT2D eigenvalue weighted by atomic mass is 16.5. The summed E-state index contributed by atoms with van der Waals surface area (Å²) >= 11 is 0. The lowest BCUT2D eigenvalue weighted by Gasteiger charge is -2.27. The van der Waals surface area contributed by atoms with Crippen LogP contribution in [-0.4, -0.2) is 29.8 Å². The number of aromatic hydroxyl groups is 2. The molecule has 0 fully saturated rings. The predicted octanol–water partition coefficient (Wildman–Crippen LogP) is 4.49. The fourth-order valence-corrected chi connectivity index (χ4v) is 4.07. The van der Waals surface area contributed by atoms with Gasteiger partial charge in [-0.25, -0.2) is 14.5 Å². The Bertz CT molecular complexity index is 1450. The Kier molecular flexibility index (Phi) is 3.70. The fourth-order valence-electron chi connectivity index (χ4n) is 4.07. The van der Waals surface area contributed by atoms with Gasteiger partial charge in [-0.3, -0.25) is 0 Å². The van der Waals surface area contributed by atoms with Gasteiger partial charge in [0.2, 0.25) is 5.88 Å². The Labute approximate surface area is 176 Å². The Morgan fingerprint density at radius 2 is 1.71 bits per heavy atom. The van der Waals surface area contributed by atoms with Crippen LogP contribution in [0.5, 0.6) is 23.1 Å². The molecule has 1 atom stereocenters. The molecule has 150 valence electrons. The van der Waals surface area contributed by atoms with E-state index in [1.807, 2.05) is 42.5 Å². The molecular formula is C24H16N4O3. The van der Waals surface area contributed by atoms with Crippen molar-refractivity contribution in [3.63, 3.8) is 0 Å². The first kappa shape index (κ1) is 17.5. The van der Waals surface area contributed by atoms with Gasteiger partial charge in [0.15, 0.2) is 11.5 Å². The van der Waals surface area contributed by atoms with Crippen LogP contribution in [0.1, 0.15) is 22.6 Å². The van der Waals surface area contributed by atoms with E-state index in [-0.39, 0.29) is 17.4 Å². The highest BCUT2D eigenvalue weighted by molar-refractivity contribution is 5.70. The van der Waals surface area contributed by atoms with E-state index in [9.17, 15) is 10.2 Å². The normalized spacial score (nSPS) is 14.6. The lowest BCUT2D eigenvalue weighted by molar-refractivity contribution is 0.422. The molecule has 1 aliphatic heterocycles. The van der Waals surface area contributed by atoms with Crippen molar-refractivity contribution in [2.24, 2.45) is 0 Å². The summed E-state index contributed by atoms with van der Waals surface area (Å²) in [6, 6.07) is 22.1. The highest BCUT2D eigenvalue weighted by Gasteiger charge is 2.33. The van der Waals surface area contributed by atoms with Gasteiger partial charge < -0.3 is 14.9 Å². The molecule has 1 aliphatic rings. The van der Waals surface area contributed by atoms with Gasteiger partial charge in [-0.2, -0.15) is 0 Å². The van der Waals surface area contributed by atoms with Crippen molar-refractivity contribution in [1.29, 1.82) is 0 Å². The standard InChI is InChI=1S/C24H16N4O3/c29-15-10-11-17-19(12-15)31-24-21(20(17)14-6-2-1-3-7-14)23-26-22(27-28(23)13-25-24)16-8-4-5-9-18(16)30/h1-13,20,29-30H. The summed E-state index contributed by atoms with van der Waals surface area (Å²) in [5.74, 6) is 1.39. The molecule has 2 aromatic heterocycles. The molecule has 1 unspecified atom stereocenters. The Morgan fingerprint density at radius 3 is 2.55 bits per heavy atom. The lowest BCUT2D eigenvalue weighted by atomic mass is 9.84. The fraction of sp³-hybridized carbons (Fsp3) is 0.0417. The first-order chi connectivity index (χ1) is 15.2. The van der Waals surface area contributed by atoms with Crippen molar-refractivity contribution in [3.8, 4) is 34.5 Å². The van der Waals surface area contributed by atoms with Gasteiger partial charge in [-0.05, 0) is 23.8 Å². The number of hydrogen-bond donors (Lipinski definition) is 2. The second-order valence-electron chi connectivity index (χ2n) is 7.35. The molecule has 0 amide bonds. The lowest BCUT2D eigenvalue weighted by Crippen LogP contribution is -2.14. The zero-order valence-electron chi connectivity index (χ0n) is 16.2. The molecular weight excluding hydrogens is 392 g/mol. The number of benzene rings is 3. The Morgan fingerprint density at radius 1 is 0.903 bits per heavy atom. The molecule has 0 spiro atoms. The summed E-state index contributed by atoms with van der Waals surface area (Å²) in [7, 11) is 0. The van der Waals surface area contributed by atoms with Crippen molar-refractivity contribution < 1.29 is 14.9 Å². The maximum atomic E-state index is 10.3. The summed E-state index contributed by atoms with van der Waals surface area (Å²) in [4.78, 5) is 9.22. The van der Waals surface area contributed by atoms with E-state index in [1.54, 1.807) is 41.2 Å².